The second-order valence-electron chi connectivity index (χ2n) is 7.46. The quantitative estimate of drug-likeness (QED) is 0.510. The van der Waals surface area contributed by atoms with E-state index in [2.05, 4.69) is 15.2 Å². The summed E-state index contributed by atoms with van der Waals surface area (Å²) in [6.07, 6.45) is 1.14. The molecule has 0 fully saturated rings. The SMILES string of the molecule is CCC1CC(=O)N(Cc2ccc(NC(=O)C(=O)OC)cc2)N=C1c1ccc(OC)c(OC)c1. The van der Waals surface area contributed by atoms with E-state index in [4.69, 9.17) is 9.47 Å². The lowest BCUT2D eigenvalue weighted by molar-refractivity contribution is -0.150. The normalized spacial score (nSPS) is 15.5. The van der Waals surface area contributed by atoms with Crippen LogP contribution < -0.4 is 14.8 Å². The number of esters is 1. The predicted molar refractivity (Wildman–Crippen MR) is 122 cm³/mol. The smallest absolute Gasteiger partial charge is 0.396 e. The Hall–Kier alpha value is -3.88. The van der Waals surface area contributed by atoms with Crippen molar-refractivity contribution in [1.82, 2.24) is 5.01 Å². The van der Waals surface area contributed by atoms with E-state index in [9.17, 15) is 14.4 Å². The van der Waals surface area contributed by atoms with Crippen LogP contribution in [0, 0.1) is 5.92 Å². The number of anilines is 1. The first kappa shape index (κ1) is 23.8. The number of hydrogen-bond acceptors (Lipinski definition) is 7. The molecule has 0 saturated carbocycles. The average Bonchev–Trinajstić information content (AvgIpc) is 2.85. The van der Waals surface area contributed by atoms with Gasteiger partial charge in [0, 0.05) is 23.6 Å². The molecule has 0 aromatic heterocycles. The molecule has 33 heavy (non-hydrogen) atoms. The molecule has 1 aliphatic heterocycles. The number of amides is 2. The third kappa shape index (κ3) is 5.49. The van der Waals surface area contributed by atoms with Gasteiger partial charge in [0.2, 0.25) is 5.91 Å². The molecule has 0 radical (unpaired) electrons. The largest absolute Gasteiger partial charge is 0.493 e. The molecule has 0 aliphatic carbocycles. The zero-order valence-corrected chi connectivity index (χ0v) is 19.1. The van der Waals surface area contributed by atoms with E-state index in [1.165, 1.54) is 5.01 Å². The van der Waals surface area contributed by atoms with Crippen LogP contribution in [0.2, 0.25) is 0 Å². The van der Waals surface area contributed by atoms with Gasteiger partial charge >= 0.3 is 11.9 Å². The summed E-state index contributed by atoms with van der Waals surface area (Å²) < 4.78 is 15.1. The fourth-order valence-electron chi connectivity index (χ4n) is 3.57. The van der Waals surface area contributed by atoms with Crippen LogP contribution in [0.5, 0.6) is 11.5 Å². The molecule has 0 spiro atoms. The molecule has 1 heterocycles. The van der Waals surface area contributed by atoms with Gasteiger partial charge in [0.25, 0.3) is 0 Å². The van der Waals surface area contributed by atoms with Gasteiger partial charge < -0.3 is 19.5 Å². The van der Waals surface area contributed by atoms with E-state index in [-0.39, 0.29) is 18.4 Å². The Morgan fingerprint density at radius 3 is 2.36 bits per heavy atom. The van der Waals surface area contributed by atoms with Crippen LogP contribution in [-0.2, 0) is 25.7 Å². The van der Waals surface area contributed by atoms with Gasteiger partial charge in [-0.1, -0.05) is 19.1 Å². The minimum absolute atomic E-state index is 0.00256. The van der Waals surface area contributed by atoms with Crippen LogP contribution in [-0.4, -0.2) is 49.8 Å². The highest BCUT2D eigenvalue weighted by Crippen LogP contribution is 2.31. The highest BCUT2D eigenvalue weighted by atomic mass is 16.5. The first-order valence-corrected chi connectivity index (χ1v) is 10.5. The van der Waals surface area contributed by atoms with Crippen LogP contribution in [0.1, 0.15) is 30.9 Å². The van der Waals surface area contributed by atoms with Crippen molar-refractivity contribution in [1.29, 1.82) is 0 Å². The summed E-state index contributed by atoms with van der Waals surface area (Å²) in [5.74, 6) is -0.665. The molecule has 0 saturated heterocycles. The van der Waals surface area contributed by atoms with Gasteiger partial charge in [-0.15, -0.1) is 0 Å². The second kappa shape index (κ2) is 10.6. The lowest BCUT2D eigenvalue weighted by atomic mass is 9.89. The molecule has 9 nitrogen and oxygen atoms in total. The molecular weight excluding hydrogens is 426 g/mol. The van der Waals surface area contributed by atoms with Crippen LogP contribution in [0.15, 0.2) is 47.6 Å². The summed E-state index contributed by atoms with van der Waals surface area (Å²) >= 11 is 0. The van der Waals surface area contributed by atoms with Gasteiger partial charge in [-0.25, -0.2) is 9.80 Å². The highest BCUT2D eigenvalue weighted by Gasteiger charge is 2.29. The molecular formula is C24H27N3O6. The highest BCUT2D eigenvalue weighted by molar-refractivity contribution is 6.37. The molecule has 0 bridgehead atoms. The summed E-state index contributed by atoms with van der Waals surface area (Å²) in [4.78, 5) is 35.6. The lowest BCUT2D eigenvalue weighted by Crippen LogP contribution is -2.36. The fourth-order valence-corrected chi connectivity index (χ4v) is 3.57. The molecule has 2 aromatic rings. The summed E-state index contributed by atoms with van der Waals surface area (Å²) in [6, 6.07) is 12.4. The van der Waals surface area contributed by atoms with Gasteiger partial charge in [-0.05, 0) is 42.3 Å². The zero-order valence-electron chi connectivity index (χ0n) is 19.1. The van der Waals surface area contributed by atoms with Crippen molar-refractivity contribution in [2.45, 2.75) is 26.3 Å². The summed E-state index contributed by atoms with van der Waals surface area (Å²) in [6.45, 7) is 2.31. The molecule has 3 rings (SSSR count). The third-order valence-electron chi connectivity index (χ3n) is 5.41. The minimum Gasteiger partial charge on any atom is -0.493 e. The van der Waals surface area contributed by atoms with Gasteiger partial charge in [0.05, 0.1) is 33.6 Å². The number of rotatable bonds is 7. The van der Waals surface area contributed by atoms with Crippen LogP contribution in [0.4, 0.5) is 5.69 Å². The van der Waals surface area contributed by atoms with Crippen molar-refractivity contribution < 1.29 is 28.6 Å². The topological polar surface area (TPSA) is 107 Å². The minimum atomic E-state index is -0.972. The van der Waals surface area contributed by atoms with Gasteiger partial charge in [0.15, 0.2) is 11.5 Å². The number of hydrogen-bond donors (Lipinski definition) is 1. The van der Waals surface area contributed by atoms with Crippen LogP contribution in [0.3, 0.4) is 0 Å². The maximum atomic E-state index is 12.8. The van der Waals surface area contributed by atoms with E-state index >= 15 is 0 Å². The van der Waals surface area contributed by atoms with Crippen LogP contribution in [0.25, 0.3) is 0 Å². The van der Waals surface area contributed by atoms with E-state index < -0.39 is 11.9 Å². The van der Waals surface area contributed by atoms with Crippen molar-refractivity contribution in [3.63, 3.8) is 0 Å². The van der Waals surface area contributed by atoms with Crippen molar-refractivity contribution in [2.75, 3.05) is 26.6 Å². The van der Waals surface area contributed by atoms with E-state index in [1.54, 1.807) is 38.5 Å². The Balaban J connectivity index is 1.82. The van der Waals surface area contributed by atoms with E-state index in [0.29, 0.717) is 23.6 Å². The third-order valence-corrected chi connectivity index (χ3v) is 5.41. The molecule has 9 heteroatoms. The molecule has 1 atom stereocenters. The summed E-state index contributed by atoms with van der Waals surface area (Å²) in [5.41, 5.74) is 2.96. The summed E-state index contributed by atoms with van der Waals surface area (Å²) in [5, 5.41) is 8.60. The van der Waals surface area contributed by atoms with Gasteiger partial charge in [0.1, 0.15) is 0 Å². The van der Waals surface area contributed by atoms with Crippen LogP contribution >= 0.6 is 0 Å². The fraction of sp³-hybridized carbons (Fsp3) is 0.333. The maximum absolute atomic E-state index is 12.8. The first-order chi connectivity index (χ1) is 15.9. The summed E-state index contributed by atoms with van der Waals surface area (Å²) in [7, 11) is 4.30. The number of hydrazone groups is 1. The van der Waals surface area contributed by atoms with Crippen molar-refractivity contribution in [3.8, 4) is 11.5 Å². The number of methoxy groups -OCH3 is 3. The average molecular weight is 453 g/mol. The van der Waals surface area contributed by atoms with Gasteiger partial charge in [-0.2, -0.15) is 5.10 Å². The Bertz CT molecular complexity index is 1060. The zero-order chi connectivity index (χ0) is 24.0. The molecule has 1 aliphatic rings. The first-order valence-electron chi connectivity index (χ1n) is 10.5. The second-order valence-corrected chi connectivity index (χ2v) is 7.46. The number of benzene rings is 2. The monoisotopic (exact) mass is 453 g/mol. The van der Waals surface area contributed by atoms with E-state index in [0.717, 1.165) is 30.4 Å². The molecule has 1 unspecified atom stereocenters. The Kier molecular flexibility index (Phi) is 7.66. The molecule has 2 amide bonds. The lowest BCUT2D eigenvalue weighted by Gasteiger charge is -2.29. The Morgan fingerprint density at radius 1 is 1.06 bits per heavy atom. The van der Waals surface area contributed by atoms with Gasteiger partial charge in [-0.3, -0.25) is 9.59 Å². The van der Waals surface area contributed by atoms with E-state index in [1.807, 2.05) is 25.1 Å². The van der Waals surface area contributed by atoms with Crippen molar-refractivity contribution in [2.24, 2.45) is 11.0 Å². The molecule has 2 aromatic carbocycles. The molecule has 1 N–H and O–H groups in total. The number of nitrogens with one attached hydrogen (secondary N) is 1. The number of ether oxygens (including phenoxy) is 3. The van der Waals surface area contributed by atoms with Crippen molar-refractivity contribution >= 4 is 29.2 Å². The maximum Gasteiger partial charge on any atom is 0.396 e. The predicted octanol–water partition coefficient (Wildman–Crippen LogP) is 2.98. The standard InChI is InChI=1S/C24H27N3O6/c1-5-16-13-21(28)27(26-22(16)17-8-11-19(31-2)20(12-17)32-3)14-15-6-9-18(10-7-15)25-23(29)24(30)33-4/h6-12,16H,5,13-14H2,1-4H3,(H,25,29). The number of carbonyl (C=O) groups is 3. The number of carbonyl (C=O) groups excluding carboxylic acids is 3. The van der Waals surface area contributed by atoms with Crippen molar-refractivity contribution in [3.05, 3.63) is 53.6 Å². The Morgan fingerprint density at radius 2 is 1.76 bits per heavy atom. The Labute approximate surface area is 192 Å². The molecule has 174 valence electrons. The number of nitrogens with zero attached hydrogens (tertiary/aromatic N) is 2.